The summed E-state index contributed by atoms with van der Waals surface area (Å²) in [4.78, 5) is 2.05. The molecule has 2 aromatic rings. The quantitative estimate of drug-likeness (QED) is 0.642. The number of rotatable bonds is 4. The average molecular weight is 371 g/mol. The average Bonchev–Trinajstić information content (AvgIpc) is 2.65. The zero-order valence-corrected chi connectivity index (χ0v) is 17.6. The number of allylic oxidation sites excluding steroid dienone is 3. The normalized spacial score (nSPS) is 14.1. The lowest BCUT2D eigenvalue weighted by Crippen LogP contribution is -2.11. The number of hydrogen-bond acceptors (Lipinski definition) is 2. The number of nitrogens with one attached hydrogen (secondary N) is 1. The van der Waals surface area contributed by atoms with E-state index < -0.39 is 0 Å². The van der Waals surface area contributed by atoms with Gasteiger partial charge in [0.05, 0.1) is 0 Å². The first kappa shape index (κ1) is 19.8. The highest BCUT2D eigenvalue weighted by Crippen LogP contribution is 2.31. The zero-order chi connectivity index (χ0) is 20.5. The first-order valence-electron chi connectivity index (χ1n) is 9.65. The Labute approximate surface area is 169 Å². The zero-order valence-electron chi connectivity index (χ0n) is 17.6. The van der Waals surface area contributed by atoms with Crippen molar-refractivity contribution >= 4 is 17.0 Å². The summed E-state index contributed by atoms with van der Waals surface area (Å²) in [6.45, 7) is 17.1. The minimum Gasteiger partial charge on any atom is -0.355 e. The molecule has 1 aliphatic rings. The van der Waals surface area contributed by atoms with Crippen LogP contribution in [0, 0.1) is 6.92 Å². The smallest absolute Gasteiger partial charge is 0.0420 e. The summed E-state index contributed by atoms with van der Waals surface area (Å²) in [6, 6.07) is 15.0. The predicted molar refractivity (Wildman–Crippen MR) is 123 cm³/mol. The van der Waals surface area contributed by atoms with E-state index in [0.717, 1.165) is 22.6 Å². The van der Waals surface area contributed by atoms with E-state index in [-0.39, 0.29) is 5.41 Å². The van der Waals surface area contributed by atoms with Crippen molar-refractivity contribution in [3.05, 3.63) is 102 Å². The molecule has 0 amide bonds. The van der Waals surface area contributed by atoms with Crippen molar-refractivity contribution < 1.29 is 0 Å². The van der Waals surface area contributed by atoms with Crippen LogP contribution in [0.15, 0.2) is 79.7 Å². The highest BCUT2D eigenvalue weighted by Gasteiger charge is 2.14. The van der Waals surface area contributed by atoms with Crippen molar-refractivity contribution in [3.8, 4) is 0 Å². The number of nitrogens with zero attached hydrogens (tertiary/aromatic N) is 1. The molecule has 2 aromatic carbocycles. The van der Waals surface area contributed by atoms with Crippen LogP contribution in [0.25, 0.3) is 11.3 Å². The van der Waals surface area contributed by atoms with Gasteiger partial charge in [0.1, 0.15) is 0 Å². The largest absolute Gasteiger partial charge is 0.355 e. The van der Waals surface area contributed by atoms with E-state index >= 15 is 0 Å². The lowest BCUT2D eigenvalue weighted by molar-refractivity contribution is 0.589. The predicted octanol–water partition coefficient (Wildman–Crippen LogP) is 6.73. The molecule has 0 saturated heterocycles. The molecule has 0 spiro atoms. The van der Waals surface area contributed by atoms with Gasteiger partial charge >= 0.3 is 0 Å². The van der Waals surface area contributed by atoms with E-state index in [9.17, 15) is 0 Å². The van der Waals surface area contributed by atoms with Gasteiger partial charge in [-0.1, -0.05) is 76.4 Å². The summed E-state index contributed by atoms with van der Waals surface area (Å²) in [5, 5.41) is 3.51. The molecule has 0 unspecified atom stereocenters. The summed E-state index contributed by atoms with van der Waals surface area (Å²) < 4.78 is 0. The van der Waals surface area contributed by atoms with Gasteiger partial charge in [0.2, 0.25) is 0 Å². The number of likely N-dealkylation sites (N-methyl/N-ethyl adjacent to an activating group) is 1. The maximum atomic E-state index is 4.26. The SMILES string of the molecule is C=C(Nc1cccc(C2=CN(C)C(=C)C=C2)c1C)c1ccc(C(C)(C)C)cc1. The fourth-order valence-electron chi connectivity index (χ4n) is 3.29. The highest BCUT2D eigenvalue weighted by molar-refractivity contribution is 5.83. The Balaban J connectivity index is 1.84. The third kappa shape index (κ3) is 4.12. The van der Waals surface area contributed by atoms with Gasteiger partial charge in [0.25, 0.3) is 0 Å². The maximum Gasteiger partial charge on any atom is 0.0420 e. The lowest BCUT2D eigenvalue weighted by atomic mass is 9.86. The Hall–Kier alpha value is -3.00. The van der Waals surface area contributed by atoms with Crippen LogP contribution < -0.4 is 5.32 Å². The second-order valence-electron chi connectivity index (χ2n) is 8.43. The Morgan fingerprint density at radius 1 is 1.00 bits per heavy atom. The van der Waals surface area contributed by atoms with Crippen molar-refractivity contribution in [2.24, 2.45) is 0 Å². The number of benzene rings is 2. The standard InChI is InChI=1S/C26H30N2/c1-18-11-12-22(17-28(18)7)24-9-8-10-25(19(24)2)27-20(3)21-13-15-23(16-14-21)26(4,5)6/h8-17,27H,1,3H2,2,4-7H3. The monoisotopic (exact) mass is 370 g/mol. The lowest BCUT2D eigenvalue weighted by Gasteiger charge is -2.22. The van der Waals surface area contributed by atoms with Crippen LogP contribution in [0.5, 0.6) is 0 Å². The topological polar surface area (TPSA) is 15.3 Å². The highest BCUT2D eigenvalue weighted by atomic mass is 15.1. The van der Waals surface area contributed by atoms with E-state index in [1.165, 1.54) is 22.3 Å². The number of anilines is 1. The van der Waals surface area contributed by atoms with Crippen LogP contribution in [0.1, 0.15) is 43.0 Å². The second-order valence-corrected chi connectivity index (χ2v) is 8.43. The van der Waals surface area contributed by atoms with Crippen LogP contribution in [0.4, 0.5) is 5.69 Å². The summed E-state index contributed by atoms with van der Waals surface area (Å²) in [6.07, 6.45) is 6.29. The molecule has 2 nitrogen and oxygen atoms in total. The molecule has 3 rings (SSSR count). The summed E-state index contributed by atoms with van der Waals surface area (Å²) in [7, 11) is 2.02. The summed E-state index contributed by atoms with van der Waals surface area (Å²) in [5.41, 5.74) is 9.12. The van der Waals surface area contributed by atoms with E-state index in [1.54, 1.807) is 0 Å². The molecular weight excluding hydrogens is 340 g/mol. The van der Waals surface area contributed by atoms with E-state index in [0.29, 0.717) is 0 Å². The van der Waals surface area contributed by atoms with Gasteiger partial charge in [-0.15, -0.1) is 0 Å². The molecule has 28 heavy (non-hydrogen) atoms. The number of hydrogen-bond donors (Lipinski definition) is 1. The minimum absolute atomic E-state index is 0.151. The van der Waals surface area contributed by atoms with Crippen molar-refractivity contribution in [1.82, 2.24) is 4.90 Å². The Kier molecular flexibility index (Phi) is 5.33. The molecule has 2 heteroatoms. The van der Waals surface area contributed by atoms with Crippen molar-refractivity contribution in [2.45, 2.75) is 33.1 Å². The first-order valence-corrected chi connectivity index (χ1v) is 9.65. The molecule has 0 atom stereocenters. The van der Waals surface area contributed by atoms with Gasteiger partial charge in [-0.2, -0.15) is 0 Å². The molecule has 0 fully saturated rings. The minimum atomic E-state index is 0.151. The fraction of sp³-hybridized carbons (Fsp3) is 0.231. The molecule has 1 aliphatic heterocycles. The molecule has 144 valence electrons. The van der Waals surface area contributed by atoms with Crippen molar-refractivity contribution in [1.29, 1.82) is 0 Å². The van der Waals surface area contributed by atoms with Gasteiger partial charge in [-0.25, -0.2) is 0 Å². The third-order valence-corrected chi connectivity index (χ3v) is 5.27. The molecule has 1 N–H and O–H groups in total. The van der Waals surface area contributed by atoms with Crippen LogP contribution in [-0.2, 0) is 5.41 Å². The van der Waals surface area contributed by atoms with Crippen LogP contribution in [-0.4, -0.2) is 11.9 Å². The van der Waals surface area contributed by atoms with Crippen molar-refractivity contribution in [3.63, 3.8) is 0 Å². The van der Waals surface area contributed by atoms with Crippen molar-refractivity contribution in [2.75, 3.05) is 12.4 Å². The Morgan fingerprint density at radius 3 is 2.29 bits per heavy atom. The molecular formula is C26H30N2. The van der Waals surface area contributed by atoms with E-state index in [2.05, 4.69) is 101 Å². The molecule has 0 aromatic heterocycles. The first-order chi connectivity index (χ1) is 13.2. The van der Waals surface area contributed by atoms with Crippen LogP contribution >= 0.6 is 0 Å². The molecule has 1 heterocycles. The van der Waals surface area contributed by atoms with Crippen LogP contribution in [0.2, 0.25) is 0 Å². The fourth-order valence-corrected chi connectivity index (χ4v) is 3.29. The second kappa shape index (κ2) is 7.55. The molecule has 0 aliphatic carbocycles. The van der Waals surface area contributed by atoms with Crippen LogP contribution in [0.3, 0.4) is 0 Å². The summed E-state index contributed by atoms with van der Waals surface area (Å²) >= 11 is 0. The Morgan fingerprint density at radius 2 is 1.68 bits per heavy atom. The Bertz CT molecular complexity index is 966. The van der Waals surface area contributed by atoms with Gasteiger partial charge in [-0.05, 0) is 52.3 Å². The summed E-state index contributed by atoms with van der Waals surface area (Å²) in [5.74, 6) is 0. The molecule has 0 radical (unpaired) electrons. The molecule has 0 bridgehead atoms. The third-order valence-electron chi connectivity index (χ3n) is 5.27. The van der Waals surface area contributed by atoms with E-state index in [1.807, 2.05) is 18.0 Å². The van der Waals surface area contributed by atoms with Gasteiger partial charge in [-0.3, -0.25) is 0 Å². The van der Waals surface area contributed by atoms with E-state index in [4.69, 9.17) is 0 Å². The van der Waals surface area contributed by atoms with Gasteiger partial charge in [0.15, 0.2) is 0 Å². The van der Waals surface area contributed by atoms with Gasteiger partial charge in [0, 0.05) is 30.3 Å². The molecule has 0 saturated carbocycles. The van der Waals surface area contributed by atoms with Gasteiger partial charge < -0.3 is 10.2 Å². The maximum absolute atomic E-state index is 4.26.